The Balaban J connectivity index is 2.17. The zero-order valence-corrected chi connectivity index (χ0v) is 11.5. The fraction of sp³-hybridized carbons (Fsp3) is 0.333. The summed E-state index contributed by atoms with van der Waals surface area (Å²) in [6.07, 6.45) is 0.972. The molecule has 110 valence electrons. The Bertz CT molecular complexity index is 809. The van der Waals surface area contributed by atoms with Crippen LogP contribution in [-0.2, 0) is 6.54 Å². The van der Waals surface area contributed by atoms with E-state index in [1.807, 2.05) is 0 Å². The molecule has 1 fully saturated rings. The van der Waals surface area contributed by atoms with E-state index >= 15 is 0 Å². The van der Waals surface area contributed by atoms with Crippen molar-refractivity contribution in [2.45, 2.75) is 19.9 Å². The minimum absolute atomic E-state index is 0.0196. The van der Waals surface area contributed by atoms with Gasteiger partial charge in [-0.1, -0.05) is 25.1 Å². The number of nitrogens with zero attached hydrogens (tertiary/aromatic N) is 1. The summed E-state index contributed by atoms with van der Waals surface area (Å²) in [4.78, 5) is 25.9. The number of aromatic hydroxyl groups is 1. The van der Waals surface area contributed by atoms with Crippen LogP contribution >= 0.6 is 0 Å². The summed E-state index contributed by atoms with van der Waals surface area (Å²) in [5.41, 5.74) is -1.69. The van der Waals surface area contributed by atoms with Gasteiger partial charge >= 0.3 is 5.69 Å². The van der Waals surface area contributed by atoms with Crippen LogP contribution in [0.25, 0.3) is 11.1 Å². The van der Waals surface area contributed by atoms with E-state index < -0.39 is 22.9 Å². The third-order valence-corrected chi connectivity index (χ3v) is 4.01. The van der Waals surface area contributed by atoms with Gasteiger partial charge in [0, 0.05) is 12.1 Å². The average molecular weight is 290 g/mol. The lowest BCUT2D eigenvalue weighted by Crippen LogP contribution is -2.31. The number of benzene rings is 1. The number of nitrogens with one attached hydrogen (secondary N) is 1. The standard InChI is InChI=1S/C15H15FN2O3/c1-8-6-9(8)7-18-14(20)12(13(19)17-15(18)21)10-4-2-3-5-11(10)16/h2-5,8-9,20H,6-7H2,1H3,(H,17,19,21). The summed E-state index contributed by atoms with van der Waals surface area (Å²) < 4.78 is 15.0. The van der Waals surface area contributed by atoms with Crippen molar-refractivity contribution in [2.24, 2.45) is 11.8 Å². The highest BCUT2D eigenvalue weighted by atomic mass is 19.1. The summed E-state index contributed by atoms with van der Waals surface area (Å²) in [5, 5.41) is 10.3. The molecule has 0 saturated heterocycles. The van der Waals surface area contributed by atoms with Gasteiger partial charge in [0.1, 0.15) is 11.4 Å². The van der Waals surface area contributed by atoms with Gasteiger partial charge in [0.2, 0.25) is 5.88 Å². The van der Waals surface area contributed by atoms with Gasteiger partial charge in [-0.05, 0) is 24.3 Å². The fourth-order valence-electron chi connectivity index (χ4n) is 2.52. The molecule has 0 spiro atoms. The molecule has 1 aromatic heterocycles. The van der Waals surface area contributed by atoms with E-state index in [9.17, 15) is 19.1 Å². The number of aromatic amines is 1. The van der Waals surface area contributed by atoms with Gasteiger partial charge < -0.3 is 5.11 Å². The predicted molar refractivity (Wildman–Crippen MR) is 75.7 cm³/mol. The van der Waals surface area contributed by atoms with E-state index in [1.165, 1.54) is 18.2 Å². The van der Waals surface area contributed by atoms with E-state index in [0.29, 0.717) is 18.4 Å². The molecule has 0 radical (unpaired) electrons. The van der Waals surface area contributed by atoms with Crippen molar-refractivity contribution in [2.75, 3.05) is 0 Å². The first kappa shape index (κ1) is 13.6. The molecule has 2 atom stereocenters. The van der Waals surface area contributed by atoms with Crippen LogP contribution in [0.1, 0.15) is 13.3 Å². The fourth-order valence-corrected chi connectivity index (χ4v) is 2.52. The molecule has 0 bridgehead atoms. The van der Waals surface area contributed by atoms with Crippen LogP contribution in [0, 0.1) is 17.7 Å². The van der Waals surface area contributed by atoms with Gasteiger partial charge in [-0.15, -0.1) is 0 Å². The second kappa shape index (κ2) is 4.87. The number of rotatable bonds is 3. The maximum Gasteiger partial charge on any atom is 0.331 e. The zero-order chi connectivity index (χ0) is 15.1. The third-order valence-electron chi connectivity index (χ3n) is 4.01. The number of halogens is 1. The second-order valence-electron chi connectivity index (χ2n) is 5.52. The molecule has 21 heavy (non-hydrogen) atoms. The highest BCUT2D eigenvalue weighted by Crippen LogP contribution is 2.39. The van der Waals surface area contributed by atoms with Crippen molar-refractivity contribution in [3.63, 3.8) is 0 Å². The summed E-state index contributed by atoms with van der Waals surface area (Å²) in [5.74, 6) is -0.315. The molecular formula is C15H15FN2O3. The van der Waals surface area contributed by atoms with E-state index in [1.54, 1.807) is 6.07 Å². The number of hydrogen-bond donors (Lipinski definition) is 2. The molecular weight excluding hydrogens is 275 g/mol. The van der Waals surface area contributed by atoms with E-state index in [-0.39, 0.29) is 11.1 Å². The molecule has 2 N–H and O–H groups in total. The van der Waals surface area contributed by atoms with Crippen molar-refractivity contribution in [3.8, 4) is 17.0 Å². The average Bonchev–Trinajstić information content (AvgIpc) is 3.12. The highest BCUT2D eigenvalue weighted by molar-refractivity contribution is 5.67. The van der Waals surface area contributed by atoms with Crippen LogP contribution in [0.4, 0.5) is 4.39 Å². The van der Waals surface area contributed by atoms with Crippen LogP contribution in [0.5, 0.6) is 5.88 Å². The maximum absolute atomic E-state index is 13.9. The Morgan fingerprint density at radius 2 is 2.05 bits per heavy atom. The Kier molecular flexibility index (Phi) is 3.16. The normalized spacial score (nSPS) is 20.5. The zero-order valence-electron chi connectivity index (χ0n) is 11.5. The molecule has 1 aliphatic rings. The highest BCUT2D eigenvalue weighted by Gasteiger charge is 2.34. The predicted octanol–water partition coefficient (Wildman–Crippen LogP) is 1.70. The molecule has 6 heteroatoms. The first-order valence-corrected chi connectivity index (χ1v) is 6.80. The van der Waals surface area contributed by atoms with E-state index in [0.717, 1.165) is 11.0 Å². The van der Waals surface area contributed by atoms with Gasteiger partial charge in [0.15, 0.2) is 0 Å². The Morgan fingerprint density at radius 3 is 2.67 bits per heavy atom. The molecule has 2 aromatic rings. The number of hydrogen-bond acceptors (Lipinski definition) is 3. The summed E-state index contributed by atoms with van der Waals surface area (Å²) >= 11 is 0. The SMILES string of the molecule is CC1CC1Cn1c(O)c(-c2ccccc2F)c(=O)[nH]c1=O. The van der Waals surface area contributed by atoms with Crippen molar-refractivity contribution in [1.82, 2.24) is 9.55 Å². The van der Waals surface area contributed by atoms with Crippen LogP contribution in [0.3, 0.4) is 0 Å². The molecule has 5 nitrogen and oxygen atoms in total. The van der Waals surface area contributed by atoms with Crippen LogP contribution in [0.2, 0.25) is 0 Å². The Hall–Kier alpha value is -2.37. The van der Waals surface area contributed by atoms with Gasteiger partial charge in [-0.25, -0.2) is 9.18 Å². The largest absolute Gasteiger partial charge is 0.494 e. The molecule has 1 aromatic carbocycles. The van der Waals surface area contributed by atoms with Crippen LogP contribution in [0.15, 0.2) is 33.9 Å². The quantitative estimate of drug-likeness (QED) is 0.903. The molecule has 0 aliphatic heterocycles. The molecule has 2 unspecified atom stereocenters. The molecule has 1 aliphatic carbocycles. The molecule has 1 saturated carbocycles. The Labute approximate surface area is 119 Å². The topological polar surface area (TPSA) is 75.1 Å². The van der Waals surface area contributed by atoms with Gasteiger partial charge in [0.05, 0.1) is 0 Å². The minimum atomic E-state index is -0.789. The van der Waals surface area contributed by atoms with E-state index in [4.69, 9.17) is 0 Å². The first-order chi connectivity index (χ1) is 9.99. The summed E-state index contributed by atoms with van der Waals surface area (Å²) in [7, 11) is 0. The van der Waals surface area contributed by atoms with E-state index in [2.05, 4.69) is 11.9 Å². The van der Waals surface area contributed by atoms with Crippen molar-refractivity contribution in [1.29, 1.82) is 0 Å². The van der Waals surface area contributed by atoms with Crippen molar-refractivity contribution >= 4 is 0 Å². The Morgan fingerprint density at radius 1 is 1.38 bits per heavy atom. The smallest absolute Gasteiger partial charge is 0.331 e. The number of aromatic nitrogens is 2. The minimum Gasteiger partial charge on any atom is -0.494 e. The van der Waals surface area contributed by atoms with Crippen LogP contribution < -0.4 is 11.2 Å². The monoisotopic (exact) mass is 290 g/mol. The van der Waals surface area contributed by atoms with Gasteiger partial charge in [0.25, 0.3) is 5.56 Å². The molecule has 1 heterocycles. The lowest BCUT2D eigenvalue weighted by Gasteiger charge is -2.11. The lowest BCUT2D eigenvalue weighted by atomic mass is 10.1. The van der Waals surface area contributed by atoms with Crippen LogP contribution in [-0.4, -0.2) is 14.7 Å². The summed E-state index contributed by atoms with van der Waals surface area (Å²) in [6, 6.07) is 5.66. The van der Waals surface area contributed by atoms with Gasteiger partial charge in [-0.3, -0.25) is 14.3 Å². The van der Waals surface area contributed by atoms with Crippen molar-refractivity contribution in [3.05, 3.63) is 50.9 Å². The number of H-pyrrole nitrogens is 1. The summed E-state index contributed by atoms with van der Waals surface area (Å²) in [6.45, 7) is 2.38. The first-order valence-electron chi connectivity index (χ1n) is 6.80. The lowest BCUT2D eigenvalue weighted by molar-refractivity contribution is 0.391. The third kappa shape index (κ3) is 2.37. The maximum atomic E-state index is 13.9. The van der Waals surface area contributed by atoms with Gasteiger partial charge in [-0.2, -0.15) is 0 Å². The van der Waals surface area contributed by atoms with Crippen molar-refractivity contribution < 1.29 is 9.50 Å². The molecule has 3 rings (SSSR count). The second-order valence-corrected chi connectivity index (χ2v) is 5.52. The molecule has 0 amide bonds.